The van der Waals surface area contributed by atoms with Crippen molar-refractivity contribution in [2.24, 2.45) is 5.92 Å². The van der Waals surface area contributed by atoms with E-state index in [9.17, 15) is 4.79 Å². The molecule has 72 valence electrons. The maximum atomic E-state index is 10.5. The number of thioether (sulfide) groups is 1. The average Bonchev–Trinajstić information content (AvgIpc) is 1.83. The minimum absolute atomic E-state index is 0.186. The van der Waals surface area contributed by atoms with Crippen LogP contribution in [0.25, 0.3) is 0 Å². The molecule has 0 fully saturated rings. The van der Waals surface area contributed by atoms with Gasteiger partial charge in [-0.25, -0.2) is 0 Å². The third-order valence-corrected chi connectivity index (χ3v) is 2.88. The summed E-state index contributed by atoms with van der Waals surface area (Å²) in [5.41, 5.74) is 0. The Labute approximate surface area is 80.3 Å². The van der Waals surface area contributed by atoms with Gasteiger partial charge < -0.3 is 4.79 Å². The van der Waals surface area contributed by atoms with Crippen molar-refractivity contribution in [3.63, 3.8) is 0 Å². The van der Waals surface area contributed by atoms with E-state index in [4.69, 9.17) is 0 Å². The van der Waals surface area contributed by atoms with E-state index in [0.29, 0.717) is 5.25 Å². The van der Waals surface area contributed by atoms with E-state index < -0.39 is 0 Å². The lowest BCUT2D eigenvalue weighted by molar-refractivity contribution is -0.110. The molecule has 12 heavy (non-hydrogen) atoms. The number of hydrogen-bond acceptors (Lipinski definition) is 2. The van der Waals surface area contributed by atoms with Crippen molar-refractivity contribution >= 4 is 18.0 Å². The van der Waals surface area contributed by atoms with Crippen molar-refractivity contribution in [2.45, 2.75) is 51.0 Å². The quantitative estimate of drug-likeness (QED) is 0.617. The predicted octanol–water partition coefficient (Wildman–Crippen LogP) is 3.13. The van der Waals surface area contributed by atoms with E-state index in [0.717, 1.165) is 12.7 Å². The van der Waals surface area contributed by atoms with Crippen LogP contribution < -0.4 is 0 Å². The molecule has 0 rings (SSSR count). The van der Waals surface area contributed by atoms with Gasteiger partial charge in [0.2, 0.25) is 0 Å². The van der Waals surface area contributed by atoms with Crippen molar-refractivity contribution in [3.05, 3.63) is 0 Å². The monoisotopic (exact) mass is 188 g/mol. The van der Waals surface area contributed by atoms with Crippen molar-refractivity contribution < 1.29 is 4.79 Å². The summed E-state index contributed by atoms with van der Waals surface area (Å²) in [6.45, 7) is 10.8. The van der Waals surface area contributed by atoms with Gasteiger partial charge in [0.15, 0.2) is 0 Å². The molecule has 0 saturated carbocycles. The smallest absolute Gasteiger partial charge is 0.122 e. The fourth-order valence-corrected chi connectivity index (χ4v) is 3.14. The van der Waals surface area contributed by atoms with Crippen molar-refractivity contribution in [1.29, 1.82) is 0 Å². The molecule has 1 atom stereocenters. The summed E-state index contributed by atoms with van der Waals surface area (Å²) in [7, 11) is 0. The van der Waals surface area contributed by atoms with Gasteiger partial charge in [-0.05, 0) is 11.7 Å². The second kappa shape index (κ2) is 4.90. The normalized spacial score (nSPS) is 14.8. The van der Waals surface area contributed by atoms with Gasteiger partial charge in [0.25, 0.3) is 0 Å². The first-order valence-corrected chi connectivity index (χ1v) is 5.38. The van der Waals surface area contributed by atoms with Gasteiger partial charge >= 0.3 is 0 Å². The molecule has 0 aliphatic heterocycles. The van der Waals surface area contributed by atoms with Crippen LogP contribution >= 0.6 is 11.8 Å². The van der Waals surface area contributed by atoms with Crippen LogP contribution in [0.15, 0.2) is 0 Å². The average molecular weight is 188 g/mol. The van der Waals surface area contributed by atoms with Crippen LogP contribution in [0.1, 0.15) is 41.0 Å². The number of rotatable bonds is 5. The van der Waals surface area contributed by atoms with Crippen LogP contribution in [0.4, 0.5) is 0 Å². The van der Waals surface area contributed by atoms with Crippen LogP contribution in [0.5, 0.6) is 0 Å². The minimum Gasteiger partial charge on any atom is -0.303 e. The standard InChI is InChI=1S/C10H20OS/c1-8(2)12-10(4,5)6-9(3)7-11/h7-9H,6H2,1-5H3. The molecule has 0 saturated heterocycles. The fraction of sp³-hybridized carbons (Fsp3) is 0.900. The van der Waals surface area contributed by atoms with Gasteiger partial charge in [-0.15, -0.1) is 0 Å². The molecule has 0 N–H and O–H groups in total. The largest absolute Gasteiger partial charge is 0.303 e. The molecule has 2 heteroatoms. The van der Waals surface area contributed by atoms with Crippen LogP contribution in [0, 0.1) is 5.92 Å². The molecule has 0 aromatic heterocycles. The molecular formula is C10H20OS. The van der Waals surface area contributed by atoms with E-state index >= 15 is 0 Å². The van der Waals surface area contributed by atoms with Gasteiger partial charge in [0, 0.05) is 10.7 Å². The van der Waals surface area contributed by atoms with Gasteiger partial charge in [-0.2, -0.15) is 11.8 Å². The number of carbonyl (C=O) groups excluding carboxylic acids is 1. The maximum Gasteiger partial charge on any atom is 0.122 e. The lowest BCUT2D eigenvalue weighted by atomic mass is 9.99. The molecule has 1 unspecified atom stereocenters. The van der Waals surface area contributed by atoms with E-state index in [1.54, 1.807) is 0 Å². The first-order valence-electron chi connectivity index (χ1n) is 4.50. The Morgan fingerprint density at radius 2 is 1.83 bits per heavy atom. The van der Waals surface area contributed by atoms with E-state index in [1.165, 1.54) is 0 Å². The third kappa shape index (κ3) is 5.64. The van der Waals surface area contributed by atoms with Gasteiger partial charge in [-0.1, -0.05) is 34.6 Å². The van der Waals surface area contributed by atoms with Crippen molar-refractivity contribution in [1.82, 2.24) is 0 Å². The summed E-state index contributed by atoms with van der Waals surface area (Å²) in [5.74, 6) is 0.186. The molecular weight excluding hydrogens is 168 g/mol. The van der Waals surface area contributed by atoms with Gasteiger partial charge in [0.1, 0.15) is 6.29 Å². The van der Waals surface area contributed by atoms with Gasteiger partial charge in [0.05, 0.1) is 0 Å². The molecule has 0 aliphatic rings. The first-order chi connectivity index (χ1) is 5.37. The second-order valence-corrected chi connectivity index (χ2v) is 6.53. The summed E-state index contributed by atoms with van der Waals surface area (Å²) < 4.78 is 0.231. The zero-order valence-corrected chi connectivity index (χ0v) is 9.57. The molecule has 0 heterocycles. The molecule has 0 spiro atoms. The van der Waals surface area contributed by atoms with Crippen molar-refractivity contribution in [2.75, 3.05) is 0 Å². The summed E-state index contributed by atoms with van der Waals surface area (Å²) in [5, 5.41) is 0.638. The molecule has 1 nitrogen and oxygen atoms in total. The number of carbonyl (C=O) groups is 1. The summed E-state index contributed by atoms with van der Waals surface area (Å²) >= 11 is 1.94. The van der Waals surface area contributed by atoms with Crippen LogP contribution in [0.3, 0.4) is 0 Å². The lowest BCUT2D eigenvalue weighted by Crippen LogP contribution is -2.21. The van der Waals surface area contributed by atoms with Crippen LogP contribution in [-0.2, 0) is 4.79 Å². The highest BCUT2D eigenvalue weighted by Gasteiger charge is 2.22. The number of hydrogen-bond donors (Lipinski definition) is 0. The zero-order valence-electron chi connectivity index (χ0n) is 8.76. The Morgan fingerprint density at radius 3 is 2.17 bits per heavy atom. The molecule has 0 bridgehead atoms. The number of aldehydes is 1. The molecule has 0 aromatic rings. The summed E-state index contributed by atoms with van der Waals surface area (Å²) in [4.78, 5) is 10.5. The van der Waals surface area contributed by atoms with Crippen LogP contribution in [-0.4, -0.2) is 16.3 Å². The zero-order chi connectivity index (χ0) is 9.78. The van der Waals surface area contributed by atoms with E-state index in [-0.39, 0.29) is 10.7 Å². The minimum atomic E-state index is 0.186. The van der Waals surface area contributed by atoms with E-state index in [2.05, 4.69) is 27.7 Å². The molecule has 0 aliphatic carbocycles. The Hall–Kier alpha value is 0.0200. The highest BCUT2D eigenvalue weighted by Crippen LogP contribution is 2.33. The molecule has 0 radical (unpaired) electrons. The maximum absolute atomic E-state index is 10.5. The highest BCUT2D eigenvalue weighted by atomic mass is 32.2. The Kier molecular flexibility index (Phi) is 4.91. The predicted molar refractivity (Wildman–Crippen MR) is 56.7 cm³/mol. The second-order valence-electron chi connectivity index (χ2n) is 4.24. The topological polar surface area (TPSA) is 17.1 Å². The third-order valence-electron chi connectivity index (χ3n) is 1.60. The lowest BCUT2D eigenvalue weighted by Gasteiger charge is -2.27. The molecule has 0 aromatic carbocycles. The Bertz CT molecular complexity index is 141. The van der Waals surface area contributed by atoms with Crippen molar-refractivity contribution in [3.8, 4) is 0 Å². The summed E-state index contributed by atoms with van der Waals surface area (Å²) in [6.07, 6.45) is 2.02. The highest BCUT2D eigenvalue weighted by molar-refractivity contribution is 8.01. The van der Waals surface area contributed by atoms with Gasteiger partial charge in [-0.3, -0.25) is 0 Å². The Morgan fingerprint density at radius 1 is 1.33 bits per heavy atom. The SMILES string of the molecule is CC(C=O)CC(C)(C)SC(C)C. The molecule has 0 amide bonds. The Balaban J connectivity index is 3.93. The first kappa shape index (κ1) is 12.0. The van der Waals surface area contributed by atoms with E-state index in [1.807, 2.05) is 18.7 Å². The summed E-state index contributed by atoms with van der Waals surface area (Å²) in [6, 6.07) is 0. The fourth-order valence-electron chi connectivity index (χ4n) is 1.51. The van der Waals surface area contributed by atoms with Crippen LogP contribution in [0.2, 0.25) is 0 Å².